The monoisotopic (exact) mass is 430 g/mol. The number of hydrogen-bond donors (Lipinski definition) is 1. The van der Waals surface area contributed by atoms with Gasteiger partial charge in [0.25, 0.3) is 5.91 Å². The van der Waals surface area contributed by atoms with Crippen LogP contribution in [0.5, 0.6) is 0 Å². The van der Waals surface area contributed by atoms with Crippen molar-refractivity contribution in [2.24, 2.45) is 0 Å². The molecule has 0 aliphatic rings. The molecule has 0 saturated heterocycles. The second kappa shape index (κ2) is 7.66. The van der Waals surface area contributed by atoms with Crippen LogP contribution in [-0.2, 0) is 0 Å². The first kappa shape index (κ1) is 19.0. The van der Waals surface area contributed by atoms with Crippen LogP contribution >= 0.6 is 11.6 Å². The summed E-state index contributed by atoms with van der Waals surface area (Å²) in [6, 6.07) is 18.3. The molecule has 1 N–H and O–H groups in total. The SMILES string of the molecule is Cc1onc(-c2ccccc2Cl)c1C(=O)Nc1cccc(-c2ccc3nncn3n2)c1. The predicted molar refractivity (Wildman–Crippen MR) is 116 cm³/mol. The molecule has 0 aliphatic heterocycles. The molecule has 0 radical (unpaired) electrons. The average molecular weight is 431 g/mol. The zero-order chi connectivity index (χ0) is 21.4. The number of hydrogen-bond acceptors (Lipinski definition) is 6. The van der Waals surface area contributed by atoms with Gasteiger partial charge in [0.1, 0.15) is 23.3 Å². The normalized spacial score (nSPS) is 11.0. The second-order valence-corrected chi connectivity index (χ2v) is 7.24. The molecule has 3 heterocycles. The van der Waals surface area contributed by atoms with Crippen LogP contribution in [0.2, 0.25) is 5.02 Å². The molecule has 31 heavy (non-hydrogen) atoms. The summed E-state index contributed by atoms with van der Waals surface area (Å²) >= 11 is 6.30. The fourth-order valence-electron chi connectivity index (χ4n) is 3.31. The first-order chi connectivity index (χ1) is 15.1. The minimum atomic E-state index is -0.340. The number of carbonyl (C=O) groups is 1. The Hall–Kier alpha value is -4.04. The minimum absolute atomic E-state index is 0.336. The van der Waals surface area contributed by atoms with Crippen molar-refractivity contribution in [1.82, 2.24) is 25.0 Å². The molecule has 0 saturated carbocycles. The number of nitrogens with zero attached hydrogens (tertiary/aromatic N) is 5. The number of aromatic nitrogens is 5. The number of nitrogens with one attached hydrogen (secondary N) is 1. The highest BCUT2D eigenvalue weighted by molar-refractivity contribution is 6.33. The van der Waals surface area contributed by atoms with E-state index in [-0.39, 0.29) is 5.91 Å². The summed E-state index contributed by atoms with van der Waals surface area (Å²) in [5.41, 5.74) is 4.19. The van der Waals surface area contributed by atoms with Crippen molar-refractivity contribution in [3.8, 4) is 22.5 Å². The average Bonchev–Trinajstić information content (AvgIpc) is 3.40. The van der Waals surface area contributed by atoms with Crippen molar-refractivity contribution in [2.45, 2.75) is 6.92 Å². The molecule has 5 aromatic rings. The Balaban J connectivity index is 1.46. The Labute approximate surface area is 181 Å². The molecule has 9 heteroatoms. The van der Waals surface area contributed by atoms with Crippen molar-refractivity contribution in [3.63, 3.8) is 0 Å². The molecule has 0 bridgehead atoms. The number of aryl methyl sites for hydroxylation is 1. The van der Waals surface area contributed by atoms with Crippen LogP contribution in [0.25, 0.3) is 28.2 Å². The van der Waals surface area contributed by atoms with Gasteiger partial charge in [0.2, 0.25) is 0 Å². The Kier molecular flexibility index (Phi) is 4.68. The summed E-state index contributed by atoms with van der Waals surface area (Å²) in [5.74, 6) is 0.0661. The van der Waals surface area contributed by atoms with Crippen LogP contribution in [0.15, 0.2) is 71.5 Å². The number of carbonyl (C=O) groups excluding carboxylic acids is 1. The molecule has 0 fully saturated rings. The zero-order valence-corrected chi connectivity index (χ0v) is 17.0. The zero-order valence-electron chi connectivity index (χ0n) is 16.3. The lowest BCUT2D eigenvalue weighted by atomic mass is 10.1. The quantitative estimate of drug-likeness (QED) is 0.445. The Bertz CT molecular complexity index is 1420. The van der Waals surface area contributed by atoms with E-state index in [0.717, 1.165) is 11.3 Å². The maximum atomic E-state index is 13.1. The van der Waals surface area contributed by atoms with Crippen LogP contribution in [0, 0.1) is 6.92 Å². The molecule has 1 amide bonds. The molecular weight excluding hydrogens is 416 g/mol. The van der Waals surface area contributed by atoms with Crippen molar-refractivity contribution in [1.29, 1.82) is 0 Å². The summed E-state index contributed by atoms with van der Waals surface area (Å²) in [5, 5.41) is 19.7. The maximum Gasteiger partial charge on any atom is 0.261 e. The molecule has 3 aromatic heterocycles. The van der Waals surface area contributed by atoms with E-state index in [9.17, 15) is 4.79 Å². The van der Waals surface area contributed by atoms with Crippen molar-refractivity contribution >= 4 is 28.8 Å². The van der Waals surface area contributed by atoms with Gasteiger partial charge in [0.05, 0.1) is 10.7 Å². The number of benzene rings is 2. The fourth-order valence-corrected chi connectivity index (χ4v) is 3.53. The van der Waals surface area contributed by atoms with E-state index < -0.39 is 0 Å². The molecule has 0 atom stereocenters. The Morgan fingerprint density at radius 2 is 1.97 bits per heavy atom. The van der Waals surface area contributed by atoms with Crippen LogP contribution in [0.1, 0.15) is 16.1 Å². The van der Waals surface area contributed by atoms with Gasteiger partial charge < -0.3 is 9.84 Å². The highest BCUT2D eigenvalue weighted by Crippen LogP contribution is 2.31. The maximum absolute atomic E-state index is 13.1. The number of rotatable bonds is 4. The second-order valence-electron chi connectivity index (χ2n) is 6.83. The Morgan fingerprint density at radius 1 is 1.10 bits per heavy atom. The van der Waals surface area contributed by atoms with Gasteiger partial charge in [-0.25, -0.2) is 0 Å². The molecule has 0 aliphatic carbocycles. The molecular formula is C22H15ClN6O2. The van der Waals surface area contributed by atoms with Gasteiger partial charge in [-0.3, -0.25) is 4.79 Å². The van der Waals surface area contributed by atoms with E-state index in [1.807, 2.05) is 42.5 Å². The number of amides is 1. The topological polar surface area (TPSA) is 98.2 Å². The molecule has 2 aromatic carbocycles. The number of fused-ring (bicyclic) bond motifs is 1. The number of anilines is 1. The van der Waals surface area contributed by atoms with E-state index in [1.54, 1.807) is 29.6 Å². The van der Waals surface area contributed by atoms with E-state index in [0.29, 0.717) is 38.9 Å². The lowest BCUT2D eigenvalue weighted by Crippen LogP contribution is -2.13. The fraction of sp³-hybridized carbons (Fsp3) is 0.0455. The summed E-state index contributed by atoms with van der Waals surface area (Å²) in [6.07, 6.45) is 1.54. The highest BCUT2D eigenvalue weighted by Gasteiger charge is 2.23. The van der Waals surface area contributed by atoms with Gasteiger partial charge in [0.15, 0.2) is 5.65 Å². The van der Waals surface area contributed by atoms with Crippen LogP contribution in [0.3, 0.4) is 0 Å². The third-order valence-corrected chi connectivity index (χ3v) is 5.13. The predicted octanol–water partition coefficient (Wildman–Crippen LogP) is 4.66. The van der Waals surface area contributed by atoms with E-state index >= 15 is 0 Å². The van der Waals surface area contributed by atoms with Crippen molar-refractivity contribution in [3.05, 3.63) is 83.3 Å². The van der Waals surface area contributed by atoms with Crippen LogP contribution in [-0.4, -0.2) is 30.9 Å². The van der Waals surface area contributed by atoms with Crippen LogP contribution < -0.4 is 5.32 Å². The molecule has 0 spiro atoms. The Morgan fingerprint density at radius 3 is 2.84 bits per heavy atom. The lowest BCUT2D eigenvalue weighted by molar-refractivity contribution is 0.102. The van der Waals surface area contributed by atoms with E-state index in [2.05, 4.69) is 25.8 Å². The first-order valence-corrected chi connectivity index (χ1v) is 9.78. The van der Waals surface area contributed by atoms with E-state index in [4.69, 9.17) is 16.1 Å². The van der Waals surface area contributed by atoms with Gasteiger partial charge in [0, 0.05) is 16.8 Å². The minimum Gasteiger partial charge on any atom is -0.360 e. The van der Waals surface area contributed by atoms with Gasteiger partial charge in [-0.2, -0.15) is 9.61 Å². The third kappa shape index (κ3) is 3.53. The summed E-state index contributed by atoms with van der Waals surface area (Å²) in [6.45, 7) is 1.69. The number of halogens is 1. The highest BCUT2D eigenvalue weighted by atomic mass is 35.5. The van der Waals surface area contributed by atoms with Gasteiger partial charge in [-0.15, -0.1) is 10.2 Å². The summed E-state index contributed by atoms with van der Waals surface area (Å²) < 4.78 is 6.89. The van der Waals surface area contributed by atoms with Crippen molar-refractivity contribution in [2.75, 3.05) is 5.32 Å². The first-order valence-electron chi connectivity index (χ1n) is 9.40. The smallest absolute Gasteiger partial charge is 0.261 e. The molecule has 8 nitrogen and oxygen atoms in total. The summed E-state index contributed by atoms with van der Waals surface area (Å²) in [4.78, 5) is 13.1. The van der Waals surface area contributed by atoms with Gasteiger partial charge >= 0.3 is 0 Å². The molecule has 152 valence electrons. The lowest BCUT2D eigenvalue weighted by Gasteiger charge is -2.08. The largest absolute Gasteiger partial charge is 0.360 e. The van der Waals surface area contributed by atoms with E-state index in [1.165, 1.54) is 6.33 Å². The van der Waals surface area contributed by atoms with Gasteiger partial charge in [-0.05, 0) is 37.3 Å². The van der Waals surface area contributed by atoms with Crippen molar-refractivity contribution < 1.29 is 9.32 Å². The van der Waals surface area contributed by atoms with Crippen LogP contribution in [0.4, 0.5) is 5.69 Å². The molecule has 5 rings (SSSR count). The molecule has 0 unspecified atom stereocenters. The standard InChI is InChI=1S/C22H15ClN6O2/c1-13-20(21(28-31-13)16-7-2-3-8-17(16)23)22(30)25-15-6-4-5-14(11-15)18-9-10-19-26-24-12-29(19)27-18/h2-12H,1H3,(H,25,30). The third-order valence-electron chi connectivity index (χ3n) is 4.80. The van der Waals surface area contributed by atoms with Gasteiger partial charge in [-0.1, -0.05) is 47.1 Å². The summed E-state index contributed by atoms with van der Waals surface area (Å²) in [7, 11) is 0.